The van der Waals surface area contributed by atoms with E-state index in [4.69, 9.17) is 60.7 Å². The molecule has 2 aliphatic heterocycles. The number of pyridine rings is 1. The number of rotatable bonds is 23. The standard InChI is InChI=1S/C25H28N8O.C24H26N8O2.C23H22N6O2.C22H22N8O2/c26-24-27-14-19(15-28-24)18-4-6-21(7-5-18)25(8-3-9-25)23-30-22(34-31-23)20-16-29-33(17-20)13-12-32-10-1-2-11-32;1-3-31(2)20(33)15-32-14-18(13-28-32)21-29-22(30-34-21)24(9-4-10-24)19-7-5-16(6-8-19)17-11-26-23(25)27-12-17;24-20-7-4-16(10-25-20)15-2-5-18(6-3-15)23(8-1-9-23)22-27-21(31-28-22)17-11-26-29(12-17)19-13-30-14-19;1-29(2)21(31)30-13-16(12-26-30)18-27-19(28-32-18)22(8-3-9-22)17-6-4-14(5-7-17)15-10-24-20(23)25-11-15/h4-7,14-17H,1-3,8-13H2,(H2,26,27,28);5-8,11-14H,3-4,9-10,15H2,1-2H3,(H2,25,26,27);2-7,10-12,19H,1,8-9,13-14H2,(H2,24,25);4-7,10-13H,3,8-9H2,1-2H3,(H2,23,24,25). The first-order valence-corrected chi connectivity index (χ1v) is 44.0. The topological polar surface area (TPSA) is 474 Å². The highest BCUT2D eigenvalue weighted by Crippen LogP contribution is 2.53. The third-order valence-corrected chi connectivity index (χ3v) is 26.2. The van der Waals surface area contributed by atoms with E-state index in [9.17, 15) is 9.59 Å². The maximum atomic E-state index is 12.2. The smallest absolute Gasteiger partial charge is 0.344 e. The van der Waals surface area contributed by atoms with E-state index < -0.39 is 0 Å². The Morgan fingerprint density at radius 3 is 1.09 bits per heavy atom. The highest BCUT2D eigenvalue weighted by Gasteiger charge is 2.49. The van der Waals surface area contributed by atoms with Gasteiger partial charge in [0, 0.05) is 125 Å². The minimum atomic E-state index is -0.284. The molecule has 12 aromatic heterocycles. The van der Waals surface area contributed by atoms with Crippen LogP contribution in [0.3, 0.4) is 0 Å². The van der Waals surface area contributed by atoms with Crippen molar-refractivity contribution in [2.45, 2.75) is 138 Å². The summed E-state index contributed by atoms with van der Waals surface area (Å²) in [7, 11) is 5.10. The summed E-state index contributed by atoms with van der Waals surface area (Å²) in [4.78, 5) is 77.4. The van der Waals surface area contributed by atoms with Crippen LogP contribution < -0.4 is 22.9 Å². The molecule has 4 aliphatic carbocycles. The lowest BCUT2D eigenvalue weighted by atomic mass is 9.64. The highest BCUT2D eigenvalue weighted by atomic mass is 16.5. The molecule has 131 heavy (non-hydrogen) atoms. The molecule has 0 atom stereocenters. The van der Waals surface area contributed by atoms with Crippen LogP contribution in [-0.2, 0) is 44.3 Å². The summed E-state index contributed by atoms with van der Waals surface area (Å²) < 4.78 is 34.4. The van der Waals surface area contributed by atoms with Gasteiger partial charge < -0.3 is 60.5 Å². The number of nitrogens with zero attached hydrogens (tertiary/aromatic N) is 26. The van der Waals surface area contributed by atoms with Gasteiger partial charge in [0.05, 0.1) is 94.5 Å². The Morgan fingerprint density at radius 1 is 0.382 bits per heavy atom. The number of carbonyl (C=O) groups is 2. The molecule has 0 spiro atoms. The fraction of sp³-hybridized carbons (Fsp3) is 0.330. The van der Waals surface area contributed by atoms with Crippen LogP contribution in [0.15, 0.2) is 220 Å². The van der Waals surface area contributed by atoms with Gasteiger partial charge in [-0.1, -0.05) is 143 Å². The molecule has 22 rings (SSSR count). The van der Waals surface area contributed by atoms with E-state index >= 15 is 0 Å². The second-order valence-electron chi connectivity index (χ2n) is 34.3. The number of amides is 2. The number of ether oxygens (including phenoxy) is 1. The van der Waals surface area contributed by atoms with Crippen LogP contribution >= 0.6 is 0 Å². The SMILES string of the molecule is CCN(C)C(=O)Cn1cc(-c2nc(C3(c4ccc(-c5cnc(N)nc5)cc4)CCC3)no2)cn1.CN(C)C(=O)n1cc(-c2nc(C3(c4ccc(-c5cnc(N)nc5)cc4)CCC3)no2)cn1.Nc1ccc(-c2ccc(C3(c4noc(-c5cnn(C6COC6)c5)n4)CCC3)cc2)cn1.Nc1ncc(-c2ccc(C3(c4noc(-c5cnn(CCN6CCCC6)c5)n4)CCC3)cc2)cn1. The predicted octanol–water partition coefficient (Wildman–Crippen LogP) is 13.0. The zero-order valence-corrected chi connectivity index (χ0v) is 73.0. The van der Waals surface area contributed by atoms with E-state index in [2.05, 4.69) is 171 Å². The molecule has 0 unspecified atom stereocenters. The number of hydrogen-bond donors (Lipinski definition) is 4. The van der Waals surface area contributed by atoms with Crippen LogP contribution in [0.5, 0.6) is 0 Å². The number of aromatic nitrogens is 23. The fourth-order valence-corrected chi connectivity index (χ4v) is 17.4. The Balaban J connectivity index is 0.000000113. The maximum absolute atomic E-state index is 12.2. The number of likely N-dealkylation sites (tertiary alicyclic amines) is 1. The number of nitrogen functional groups attached to an aromatic ring is 4. The van der Waals surface area contributed by atoms with Gasteiger partial charge in [0.1, 0.15) is 12.4 Å². The molecule has 4 aromatic carbocycles. The Hall–Kier alpha value is -15.3. The average Bonchev–Trinajstić information content (AvgIpc) is 1.68. The zero-order chi connectivity index (χ0) is 89.8. The van der Waals surface area contributed by atoms with E-state index in [-0.39, 0.29) is 58.0 Å². The Bertz CT molecular complexity index is 6590. The molecule has 0 bridgehead atoms. The van der Waals surface area contributed by atoms with E-state index in [1.807, 2.05) is 59.1 Å². The van der Waals surface area contributed by atoms with Crippen LogP contribution in [0.1, 0.15) is 148 Å². The van der Waals surface area contributed by atoms with Crippen LogP contribution in [0.25, 0.3) is 90.3 Å². The van der Waals surface area contributed by atoms with Gasteiger partial charge in [-0.2, -0.15) is 45.0 Å². The number of benzene rings is 4. The van der Waals surface area contributed by atoms with Crippen molar-refractivity contribution in [3.63, 3.8) is 0 Å². The third kappa shape index (κ3) is 17.5. The van der Waals surface area contributed by atoms with Gasteiger partial charge in [-0.3, -0.25) is 18.8 Å². The summed E-state index contributed by atoms with van der Waals surface area (Å²) in [5.74, 6) is 5.91. The summed E-state index contributed by atoms with van der Waals surface area (Å²) in [5, 5.41) is 34.7. The van der Waals surface area contributed by atoms with Crippen LogP contribution in [0.4, 0.5) is 28.5 Å². The molecule has 2 amide bonds. The number of likely N-dealkylation sites (N-methyl/N-ethyl adjacent to an activating group) is 1. The quantitative estimate of drug-likeness (QED) is 0.0462. The first kappa shape index (κ1) is 85.2. The summed E-state index contributed by atoms with van der Waals surface area (Å²) in [6.45, 7) is 8.42. The number of nitrogens with two attached hydrogens (primary N) is 4. The summed E-state index contributed by atoms with van der Waals surface area (Å²) in [6, 6.07) is 37.5. The molecule has 37 nitrogen and oxygen atoms in total. The summed E-state index contributed by atoms with van der Waals surface area (Å²) in [5.41, 5.74) is 37.2. The Labute approximate surface area is 752 Å². The number of carbonyl (C=O) groups excluding carboxylic acids is 2. The Morgan fingerprint density at radius 2 is 0.733 bits per heavy atom. The molecule has 2 saturated heterocycles. The second kappa shape index (κ2) is 36.5. The third-order valence-electron chi connectivity index (χ3n) is 26.2. The Kier molecular flexibility index (Phi) is 23.7. The van der Waals surface area contributed by atoms with Gasteiger partial charge in [-0.15, -0.1) is 0 Å². The van der Waals surface area contributed by atoms with Crippen molar-refractivity contribution >= 4 is 35.6 Å². The minimum Gasteiger partial charge on any atom is -0.384 e. The van der Waals surface area contributed by atoms with E-state index in [1.165, 1.54) is 46.6 Å². The largest absolute Gasteiger partial charge is 0.384 e. The molecule has 16 aromatic rings. The second-order valence-corrected chi connectivity index (χ2v) is 34.3. The van der Waals surface area contributed by atoms with Gasteiger partial charge in [0.2, 0.25) is 23.8 Å². The lowest BCUT2D eigenvalue weighted by Crippen LogP contribution is -2.36. The summed E-state index contributed by atoms with van der Waals surface area (Å²) in [6.07, 6.45) is 41.1. The van der Waals surface area contributed by atoms with Gasteiger partial charge in [0.15, 0.2) is 23.3 Å². The minimum absolute atomic E-state index is 0.00855. The first-order chi connectivity index (χ1) is 63.8. The zero-order valence-electron chi connectivity index (χ0n) is 73.0. The first-order valence-electron chi connectivity index (χ1n) is 44.0. The molecule has 6 fully saturated rings. The van der Waals surface area contributed by atoms with E-state index in [1.54, 1.807) is 105 Å². The van der Waals surface area contributed by atoms with Crippen molar-refractivity contribution in [3.05, 3.63) is 248 Å². The molecule has 37 heteroatoms. The molecule has 14 heterocycles. The van der Waals surface area contributed by atoms with Gasteiger partial charge in [-0.25, -0.2) is 39.7 Å². The van der Waals surface area contributed by atoms with Crippen LogP contribution in [0.2, 0.25) is 0 Å². The average molecular weight is 1760 g/mol. The van der Waals surface area contributed by atoms with Crippen LogP contribution in [0, 0.1) is 0 Å². The molecule has 0 radical (unpaired) electrons. The molecule has 8 N–H and O–H groups in total. The lowest BCUT2D eigenvalue weighted by Gasteiger charge is -2.39. The van der Waals surface area contributed by atoms with Crippen molar-refractivity contribution in [1.82, 2.24) is 129 Å². The van der Waals surface area contributed by atoms with E-state index in [0.29, 0.717) is 78.0 Å². The van der Waals surface area contributed by atoms with Gasteiger partial charge in [-0.05, 0) is 141 Å². The van der Waals surface area contributed by atoms with Crippen molar-refractivity contribution in [2.24, 2.45) is 0 Å². The predicted molar refractivity (Wildman–Crippen MR) is 484 cm³/mol. The monoisotopic (exact) mass is 1760 g/mol. The van der Waals surface area contributed by atoms with Crippen molar-refractivity contribution in [1.29, 1.82) is 0 Å². The molecular formula is C94H98N30O7. The van der Waals surface area contributed by atoms with Gasteiger partial charge >= 0.3 is 6.03 Å². The molecule has 4 saturated carbocycles. The van der Waals surface area contributed by atoms with Crippen molar-refractivity contribution in [2.75, 3.05) is 83.5 Å². The molecular weight excluding hydrogens is 1660 g/mol. The van der Waals surface area contributed by atoms with Gasteiger partial charge in [0.25, 0.3) is 23.6 Å². The number of hydrogen-bond acceptors (Lipinski definition) is 31. The summed E-state index contributed by atoms with van der Waals surface area (Å²) >= 11 is 0. The van der Waals surface area contributed by atoms with Crippen LogP contribution in [-0.4, -0.2) is 202 Å². The van der Waals surface area contributed by atoms with Crippen molar-refractivity contribution < 1.29 is 32.4 Å². The normalized spacial score (nSPS) is 16.2. The van der Waals surface area contributed by atoms with E-state index in [0.717, 1.165) is 169 Å². The highest BCUT2D eigenvalue weighted by molar-refractivity contribution is 5.77. The molecule has 6 aliphatic rings. The van der Waals surface area contributed by atoms with Crippen molar-refractivity contribution in [3.8, 4) is 90.3 Å². The fourth-order valence-electron chi connectivity index (χ4n) is 17.4. The molecule has 666 valence electrons. The number of anilines is 4. The lowest BCUT2D eigenvalue weighted by molar-refractivity contribution is -0.130. The maximum Gasteiger partial charge on any atom is 0.344 e.